The third-order valence-electron chi connectivity index (χ3n) is 3.22. The summed E-state index contributed by atoms with van der Waals surface area (Å²) >= 11 is 0. The molecule has 1 aromatic rings. The highest BCUT2D eigenvalue weighted by Crippen LogP contribution is 2.61. The summed E-state index contributed by atoms with van der Waals surface area (Å²) < 4.78 is 15.7. The SMILES string of the molecule is CCN(CC)P1(=Nc2ccccc2)OCCN1C. The van der Waals surface area contributed by atoms with Crippen LogP contribution < -0.4 is 0 Å². The van der Waals surface area contributed by atoms with E-state index in [-0.39, 0.29) is 0 Å². The number of benzene rings is 1. The molecule has 1 atom stereocenters. The first-order chi connectivity index (χ1) is 8.73. The fourth-order valence-corrected chi connectivity index (χ4v) is 5.20. The summed E-state index contributed by atoms with van der Waals surface area (Å²) in [4.78, 5) is 0. The molecule has 1 aliphatic heterocycles. The first-order valence-corrected chi connectivity index (χ1v) is 8.08. The van der Waals surface area contributed by atoms with Crippen molar-refractivity contribution in [1.82, 2.24) is 9.34 Å². The molecule has 1 fully saturated rings. The van der Waals surface area contributed by atoms with Crippen LogP contribution in [0, 0.1) is 0 Å². The highest BCUT2D eigenvalue weighted by Gasteiger charge is 2.36. The largest absolute Gasteiger partial charge is 0.320 e. The molecule has 1 unspecified atom stereocenters. The van der Waals surface area contributed by atoms with Crippen molar-refractivity contribution in [2.24, 2.45) is 4.74 Å². The lowest BCUT2D eigenvalue weighted by Gasteiger charge is -2.34. The van der Waals surface area contributed by atoms with Gasteiger partial charge >= 0.3 is 0 Å². The minimum Gasteiger partial charge on any atom is -0.320 e. The Morgan fingerprint density at radius 3 is 2.44 bits per heavy atom. The van der Waals surface area contributed by atoms with E-state index in [4.69, 9.17) is 9.27 Å². The van der Waals surface area contributed by atoms with Crippen molar-refractivity contribution in [3.63, 3.8) is 0 Å². The molecule has 0 amide bonds. The Morgan fingerprint density at radius 1 is 1.28 bits per heavy atom. The van der Waals surface area contributed by atoms with E-state index in [2.05, 4.69) is 30.2 Å². The smallest absolute Gasteiger partial charge is 0.232 e. The molecule has 0 aliphatic carbocycles. The summed E-state index contributed by atoms with van der Waals surface area (Å²) in [6.45, 7) is 8.00. The molecule has 0 saturated carbocycles. The maximum atomic E-state index is 6.10. The molecule has 0 aromatic heterocycles. The third kappa shape index (κ3) is 2.52. The minimum absolute atomic E-state index is 0.775. The summed E-state index contributed by atoms with van der Waals surface area (Å²) in [7, 11) is 0.138. The van der Waals surface area contributed by atoms with Gasteiger partial charge < -0.3 is 4.52 Å². The van der Waals surface area contributed by atoms with E-state index < -0.39 is 7.58 Å². The van der Waals surface area contributed by atoms with Gasteiger partial charge in [-0.15, -0.1) is 0 Å². The Labute approximate surface area is 110 Å². The van der Waals surface area contributed by atoms with Crippen LogP contribution in [0.4, 0.5) is 5.69 Å². The van der Waals surface area contributed by atoms with Crippen LogP contribution in [-0.4, -0.2) is 42.6 Å². The van der Waals surface area contributed by atoms with Crippen LogP contribution in [0.15, 0.2) is 35.1 Å². The van der Waals surface area contributed by atoms with Gasteiger partial charge in [-0.25, -0.2) is 14.1 Å². The molecule has 0 spiro atoms. The minimum atomic E-state index is -1.98. The molecule has 1 heterocycles. The van der Waals surface area contributed by atoms with Crippen molar-refractivity contribution in [2.45, 2.75) is 13.8 Å². The van der Waals surface area contributed by atoms with Crippen molar-refractivity contribution in [3.05, 3.63) is 30.3 Å². The lowest BCUT2D eigenvalue weighted by atomic mass is 10.3. The summed E-state index contributed by atoms with van der Waals surface area (Å²) in [5.41, 5.74) is 1.01. The van der Waals surface area contributed by atoms with Gasteiger partial charge in [0.25, 0.3) is 0 Å². The highest BCUT2D eigenvalue weighted by atomic mass is 31.2. The van der Waals surface area contributed by atoms with Gasteiger partial charge in [0.15, 0.2) is 0 Å². The van der Waals surface area contributed by atoms with Crippen LogP contribution in [0.5, 0.6) is 0 Å². The molecule has 18 heavy (non-hydrogen) atoms. The van der Waals surface area contributed by atoms with Gasteiger partial charge in [-0.05, 0) is 19.2 Å². The van der Waals surface area contributed by atoms with E-state index in [1.165, 1.54) is 0 Å². The Bertz CT molecular complexity index is 431. The van der Waals surface area contributed by atoms with Gasteiger partial charge in [-0.3, -0.25) is 0 Å². The van der Waals surface area contributed by atoms with Crippen molar-refractivity contribution in [1.29, 1.82) is 0 Å². The molecule has 1 aromatic carbocycles. The summed E-state index contributed by atoms with van der Waals surface area (Å²) in [6.07, 6.45) is 0. The maximum absolute atomic E-state index is 6.10. The molecule has 100 valence electrons. The molecule has 2 rings (SSSR count). The van der Waals surface area contributed by atoms with Gasteiger partial charge in [-0.1, -0.05) is 32.0 Å². The molecule has 0 bridgehead atoms. The van der Waals surface area contributed by atoms with Gasteiger partial charge in [0, 0.05) is 19.6 Å². The predicted molar refractivity (Wildman–Crippen MR) is 77.0 cm³/mol. The van der Waals surface area contributed by atoms with Gasteiger partial charge in [0.05, 0.1) is 12.3 Å². The van der Waals surface area contributed by atoms with E-state index in [1.807, 2.05) is 30.3 Å². The van der Waals surface area contributed by atoms with Crippen molar-refractivity contribution < 1.29 is 4.52 Å². The van der Waals surface area contributed by atoms with Gasteiger partial charge in [0.1, 0.15) is 0 Å². The Hall–Kier alpha value is -0.670. The lowest BCUT2D eigenvalue weighted by Crippen LogP contribution is -2.26. The second-order valence-corrected chi connectivity index (χ2v) is 7.04. The molecule has 1 saturated heterocycles. The maximum Gasteiger partial charge on any atom is 0.232 e. The average molecular weight is 267 g/mol. The number of hydrogen-bond acceptors (Lipinski definition) is 2. The first-order valence-electron chi connectivity index (χ1n) is 6.52. The van der Waals surface area contributed by atoms with Crippen LogP contribution >= 0.6 is 7.58 Å². The zero-order valence-electron chi connectivity index (χ0n) is 11.4. The highest BCUT2D eigenvalue weighted by molar-refractivity contribution is 7.57. The van der Waals surface area contributed by atoms with E-state index in [9.17, 15) is 0 Å². The zero-order chi connectivity index (χ0) is 13.0. The molecule has 0 radical (unpaired) electrons. The number of likely N-dealkylation sites (N-methyl/N-ethyl adjacent to an activating group) is 1. The molecular weight excluding hydrogens is 245 g/mol. The van der Waals surface area contributed by atoms with E-state index in [1.54, 1.807) is 0 Å². The Morgan fingerprint density at radius 2 is 1.94 bits per heavy atom. The zero-order valence-corrected chi connectivity index (χ0v) is 12.3. The van der Waals surface area contributed by atoms with E-state index in [0.717, 1.165) is 31.9 Å². The Kier molecular flexibility index (Phi) is 4.57. The second kappa shape index (κ2) is 5.98. The van der Waals surface area contributed by atoms with Crippen LogP contribution in [0.1, 0.15) is 13.8 Å². The van der Waals surface area contributed by atoms with Crippen molar-refractivity contribution in [2.75, 3.05) is 33.3 Å². The van der Waals surface area contributed by atoms with Crippen LogP contribution in [0.25, 0.3) is 0 Å². The molecule has 1 aliphatic rings. The van der Waals surface area contributed by atoms with Crippen LogP contribution in [0.3, 0.4) is 0 Å². The number of nitrogens with zero attached hydrogens (tertiary/aromatic N) is 3. The van der Waals surface area contributed by atoms with E-state index >= 15 is 0 Å². The summed E-state index contributed by atoms with van der Waals surface area (Å²) in [6, 6.07) is 10.1. The fraction of sp³-hybridized carbons (Fsp3) is 0.538. The number of hydrogen-bond donors (Lipinski definition) is 0. The number of rotatable bonds is 4. The van der Waals surface area contributed by atoms with Crippen LogP contribution in [-0.2, 0) is 4.52 Å². The standard InChI is InChI=1S/C13H22N3OP/c1-4-16(5-2)18(15(3)11-12-17-18)14-13-9-7-6-8-10-13/h6-10H,4-5,11-12H2,1-3H3. The van der Waals surface area contributed by atoms with E-state index in [0.29, 0.717) is 0 Å². The summed E-state index contributed by atoms with van der Waals surface area (Å²) in [5.74, 6) is 0. The predicted octanol–water partition coefficient (Wildman–Crippen LogP) is 3.57. The summed E-state index contributed by atoms with van der Waals surface area (Å²) in [5, 5.41) is 0. The first kappa shape index (κ1) is 13.8. The van der Waals surface area contributed by atoms with Crippen LogP contribution in [0.2, 0.25) is 0 Å². The normalized spacial score (nSPS) is 24.7. The average Bonchev–Trinajstić information content (AvgIpc) is 2.74. The molecule has 4 nitrogen and oxygen atoms in total. The topological polar surface area (TPSA) is 28.1 Å². The quantitative estimate of drug-likeness (QED) is 0.781. The second-order valence-electron chi connectivity index (χ2n) is 4.30. The fourth-order valence-electron chi connectivity index (χ4n) is 2.23. The van der Waals surface area contributed by atoms with Gasteiger partial charge in [-0.2, -0.15) is 0 Å². The van der Waals surface area contributed by atoms with Gasteiger partial charge in [0.2, 0.25) is 7.58 Å². The Balaban J connectivity index is 2.46. The molecule has 0 N–H and O–H groups in total. The lowest BCUT2D eigenvalue weighted by molar-refractivity contribution is 0.342. The molecular formula is C13H22N3OP. The third-order valence-corrected chi connectivity index (χ3v) is 6.64. The molecule has 5 heteroatoms. The van der Waals surface area contributed by atoms with Crippen molar-refractivity contribution >= 4 is 13.3 Å². The monoisotopic (exact) mass is 267 g/mol. The van der Waals surface area contributed by atoms with Crippen molar-refractivity contribution in [3.8, 4) is 0 Å².